The van der Waals surface area contributed by atoms with Gasteiger partial charge in [0.05, 0.1) is 5.39 Å². The summed E-state index contributed by atoms with van der Waals surface area (Å²) in [7, 11) is 0. The van der Waals surface area contributed by atoms with Crippen molar-refractivity contribution in [1.82, 2.24) is 0 Å². The predicted octanol–water partition coefficient (Wildman–Crippen LogP) is 3.21. The second-order valence-electron chi connectivity index (χ2n) is 3.45. The van der Waals surface area contributed by atoms with Crippen molar-refractivity contribution in [2.45, 2.75) is 10.4 Å². The summed E-state index contributed by atoms with van der Waals surface area (Å²) in [6, 6.07) is 6.99. The molecule has 0 amide bonds. The van der Waals surface area contributed by atoms with Gasteiger partial charge in [-0.15, -0.1) is 0 Å². The van der Waals surface area contributed by atoms with Gasteiger partial charge in [-0.2, -0.15) is 0 Å². The summed E-state index contributed by atoms with van der Waals surface area (Å²) >= 11 is 0.894. The maximum atomic E-state index is 13.1. The molecule has 0 radical (unpaired) electrons. The molecule has 1 atom stereocenters. The lowest BCUT2D eigenvalue weighted by atomic mass is 10.2. The van der Waals surface area contributed by atoms with Gasteiger partial charge in [0.1, 0.15) is 16.2 Å². The van der Waals surface area contributed by atoms with E-state index in [0.29, 0.717) is 21.6 Å². The molecular weight excluding hydrogens is 227 g/mol. The Balaban J connectivity index is 2.40. The fourth-order valence-corrected chi connectivity index (χ4v) is 2.50. The summed E-state index contributed by atoms with van der Waals surface area (Å²) in [6.45, 7) is 0. The Kier molecular flexibility index (Phi) is 2.11. The van der Waals surface area contributed by atoms with Gasteiger partial charge in [0.2, 0.25) is 5.43 Å². The zero-order valence-electron chi connectivity index (χ0n) is 8.14. The Morgan fingerprint density at radius 2 is 2.12 bits per heavy atom. The standard InChI is InChI=1S/C12H7FO2S/c13-10-6-5-9-12(16-10)11(14)7-3-1-2-4-8(7)15-9/h1-6,10H. The van der Waals surface area contributed by atoms with Gasteiger partial charge >= 0.3 is 0 Å². The van der Waals surface area contributed by atoms with Crippen molar-refractivity contribution in [1.29, 1.82) is 0 Å². The molecule has 16 heavy (non-hydrogen) atoms. The normalized spacial score (nSPS) is 18.7. The first-order valence-corrected chi connectivity index (χ1v) is 5.68. The minimum atomic E-state index is -1.17. The number of para-hydroxylation sites is 1. The van der Waals surface area contributed by atoms with Gasteiger partial charge in [-0.1, -0.05) is 23.9 Å². The Labute approximate surface area is 94.8 Å². The van der Waals surface area contributed by atoms with Gasteiger partial charge in [-0.25, -0.2) is 4.39 Å². The van der Waals surface area contributed by atoms with Crippen LogP contribution in [0.15, 0.2) is 44.4 Å². The summed E-state index contributed by atoms with van der Waals surface area (Å²) in [5.41, 5.74) is -0.792. The largest absolute Gasteiger partial charge is 0.455 e. The maximum Gasteiger partial charge on any atom is 0.206 e. The molecule has 1 unspecified atom stereocenters. The molecule has 0 N–H and O–H groups in total. The average molecular weight is 234 g/mol. The molecule has 0 bridgehead atoms. The van der Waals surface area contributed by atoms with E-state index in [9.17, 15) is 9.18 Å². The second kappa shape index (κ2) is 3.49. The molecule has 2 aromatic rings. The van der Waals surface area contributed by atoms with Crippen LogP contribution < -0.4 is 5.43 Å². The van der Waals surface area contributed by atoms with Gasteiger partial charge in [0.15, 0.2) is 5.50 Å². The van der Waals surface area contributed by atoms with E-state index in [4.69, 9.17) is 4.42 Å². The molecule has 3 rings (SSSR count). The Hall–Kier alpha value is -1.55. The number of alkyl halides is 1. The van der Waals surface area contributed by atoms with Gasteiger partial charge in [0.25, 0.3) is 0 Å². The van der Waals surface area contributed by atoms with Crippen LogP contribution in [0.5, 0.6) is 0 Å². The lowest BCUT2D eigenvalue weighted by Crippen LogP contribution is -2.10. The fraction of sp³-hybridized carbons (Fsp3) is 0.0833. The third-order valence-corrected chi connectivity index (χ3v) is 3.42. The van der Waals surface area contributed by atoms with Gasteiger partial charge in [0, 0.05) is 0 Å². The molecule has 1 aliphatic rings. The van der Waals surface area contributed by atoms with Crippen LogP contribution in [0.25, 0.3) is 17.0 Å². The van der Waals surface area contributed by atoms with Crippen molar-refractivity contribution in [3.05, 3.63) is 46.3 Å². The van der Waals surface area contributed by atoms with E-state index in [2.05, 4.69) is 0 Å². The van der Waals surface area contributed by atoms with E-state index in [1.165, 1.54) is 12.2 Å². The monoisotopic (exact) mass is 234 g/mol. The van der Waals surface area contributed by atoms with Gasteiger partial charge in [-0.3, -0.25) is 4.79 Å². The van der Waals surface area contributed by atoms with E-state index in [1.54, 1.807) is 24.3 Å². The number of benzene rings is 1. The average Bonchev–Trinajstić information content (AvgIpc) is 2.31. The molecule has 1 aliphatic heterocycles. The van der Waals surface area contributed by atoms with Crippen LogP contribution in [0.4, 0.5) is 4.39 Å². The third kappa shape index (κ3) is 1.38. The highest BCUT2D eigenvalue weighted by Crippen LogP contribution is 2.33. The number of hydrogen-bond donors (Lipinski definition) is 0. The van der Waals surface area contributed by atoms with Crippen molar-refractivity contribution in [3.63, 3.8) is 0 Å². The smallest absolute Gasteiger partial charge is 0.206 e. The van der Waals surface area contributed by atoms with Crippen LogP contribution in [0, 0.1) is 0 Å². The first-order valence-electron chi connectivity index (χ1n) is 4.80. The molecule has 2 heterocycles. The molecule has 0 aliphatic carbocycles. The Bertz CT molecular complexity index is 645. The third-order valence-electron chi connectivity index (χ3n) is 2.41. The minimum Gasteiger partial charge on any atom is -0.455 e. The maximum absolute atomic E-state index is 13.1. The van der Waals surface area contributed by atoms with E-state index in [0.717, 1.165) is 11.8 Å². The first kappa shape index (κ1) is 9.66. The van der Waals surface area contributed by atoms with Crippen molar-refractivity contribution >= 4 is 28.8 Å². The summed E-state index contributed by atoms with van der Waals surface area (Å²) in [5.74, 6) is 0.447. The summed E-state index contributed by atoms with van der Waals surface area (Å²) < 4.78 is 18.7. The number of rotatable bonds is 0. The van der Waals surface area contributed by atoms with Crippen molar-refractivity contribution in [2.75, 3.05) is 0 Å². The molecule has 80 valence electrons. The van der Waals surface area contributed by atoms with Crippen molar-refractivity contribution in [2.24, 2.45) is 0 Å². The summed E-state index contributed by atoms with van der Waals surface area (Å²) in [5, 5.41) is 0.497. The fourth-order valence-electron chi connectivity index (χ4n) is 1.68. The first-order chi connectivity index (χ1) is 7.75. The van der Waals surface area contributed by atoms with E-state index >= 15 is 0 Å². The Morgan fingerprint density at radius 1 is 1.31 bits per heavy atom. The van der Waals surface area contributed by atoms with E-state index < -0.39 is 5.50 Å². The lowest BCUT2D eigenvalue weighted by molar-refractivity contribution is 0.513. The quantitative estimate of drug-likeness (QED) is 0.701. The molecule has 4 heteroatoms. The molecule has 0 spiro atoms. The van der Waals surface area contributed by atoms with E-state index in [1.807, 2.05) is 0 Å². The zero-order valence-corrected chi connectivity index (χ0v) is 8.96. The Morgan fingerprint density at radius 3 is 3.00 bits per heavy atom. The molecule has 1 aromatic heterocycles. The molecule has 1 aromatic carbocycles. The second-order valence-corrected chi connectivity index (χ2v) is 4.54. The van der Waals surface area contributed by atoms with Crippen LogP contribution >= 0.6 is 11.8 Å². The summed E-state index contributed by atoms with van der Waals surface area (Å²) in [4.78, 5) is 12.4. The van der Waals surface area contributed by atoms with Crippen LogP contribution in [0.3, 0.4) is 0 Å². The number of fused-ring (bicyclic) bond motifs is 2. The summed E-state index contributed by atoms with van der Waals surface area (Å²) in [6.07, 6.45) is 2.90. The highest BCUT2D eigenvalue weighted by Gasteiger charge is 2.20. The van der Waals surface area contributed by atoms with Gasteiger partial charge < -0.3 is 4.42 Å². The lowest BCUT2D eigenvalue weighted by Gasteiger charge is -2.11. The zero-order chi connectivity index (χ0) is 11.1. The minimum absolute atomic E-state index is 0.158. The van der Waals surface area contributed by atoms with Crippen LogP contribution in [-0.2, 0) is 0 Å². The van der Waals surface area contributed by atoms with Crippen molar-refractivity contribution in [3.8, 4) is 0 Å². The molecule has 2 nitrogen and oxygen atoms in total. The van der Waals surface area contributed by atoms with Crippen LogP contribution in [0.2, 0.25) is 0 Å². The van der Waals surface area contributed by atoms with Crippen molar-refractivity contribution < 1.29 is 8.81 Å². The number of halogens is 1. The molecular formula is C12H7FO2S. The molecule has 0 saturated heterocycles. The molecule has 0 fully saturated rings. The SMILES string of the molecule is O=c1c2c(oc3ccccc13)C=CC(F)S2. The van der Waals surface area contributed by atoms with E-state index in [-0.39, 0.29) is 5.43 Å². The van der Waals surface area contributed by atoms with Crippen LogP contribution in [0.1, 0.15) is 5.76 Å². The predicted molar refractivity (Wildman–Crippen MR) is 62.3 cm³/mol. The highest BCUT2D eigenvalue weighted by molar-refractivity contribution is 8.00. The highest BCUT2D eigenvalue weighted by atomic mass is 32.2. The molecule has 0 saturated carbocycles. The topological polar surface area (TPSA) is 30.2 Å². The number of thioether (sulfide) groups is 1. The van der Waals surface area contributed by atoms with Gasteiger partial charge in [-0.05, 0) is 24.3 Å². The number of hydrogen-bond acceptors (Lipinski definition) is 3. The van der Waals surface area contributed by atoms with Crippen LogP contribution in [-0.4, -0.2) is 5.50 Å².